The van der Waals surface area contributed by atoms with Crippen molar-refractivity contribution in [3.8, 4) is 6.07 Å². The van der Waals surface area contributed by atoms with Crippen LogP contribution in [0.3, 0.4) is 0 Å². The van der Waals surface area contributed by atoms with E-state index in [0.717, 1.165) is 11.8 Å². The van der Waals surface area contributed by atoms with E-state index >= 15 is 0 Å². The second-order valence-electron chi connectivity index (χ2n) is 8.67. The molecule has 3 N–H and O–H groups in total. The van der Waals surface area contributed by atoms with Gasteiger partial charge in [0.25, 0.3) is 0 Å². The highest BCUT2D eigenvalue weighted by Gasteiger charge is 2.37. The highest BCUT2D eigenvalue weighted by atomic mass is 32.2. The molecule has 35 heavy (non-hydrogen) atoms. The van der Waals surface area contributed by atoms with Gasteiger partial charge < -0.3 is 15.7 Å². The number of aromatic nitrogens is 1. The van der Waals surface area contributed by atoms with Crippen molar-refractivity contribution in [2.45, 2.75) is 43.0 Å². The van der Waals surface area contributed by atoms with E-state index in [1.54, 1.807) is 26.0 Å². The van der Waals surface area contributed by atoms with Crippen molar-refractivity contribution >= 4 is 35.1 Å². The number of carboxylic acids is 1. The molecule has 0 spiro atoms. The zero-order chi connectivity index (χ0) is 25.8. The van der Waals surface area contributed by atoms with E-state index in [1.165, 1.54) is 0 Å². The molecule has 1 saturated heterocycles. The van der Waals surface area contributed by atoms with E-state index in [1.807, 2.05) is 34.9 Å². The fraction of sp³-hybridized carbons (Fsp3) is 0.400. The SMILES string of the molecule is [C-]#[N+]c1c(N2CCN(C(C)(C)C(=O)O)CC2)nc(SC(C(N)=O)c2ccccc2)c(C#N)c1CC. The van der Waals surface area contributed by atoms with Gasteiger partial charge in [-0.1, -0.05) is 49.0 Å². The Morgan fingerprint density at radius 3 is 2.40 bits per heavy atom. The largest absolute Gasteiger partial charge is 0.480 e. The highest BCUT2D eigenvalue weighted by molar-refractivity contribution is 8.00. The van der Waals surface area contributed by atoms with E-state index in [4.69, 9.17) is 17.3 Å². The van der Waals surface area contributed by atoms with Crippen molar-refractivity contribution < 1.29 is 14.7 Å². The molecule has 1 amide bonds. The topological polar surface area (TPSA) is 128 Å². The Morgan fingerprint density at radius 2 is 1.91 bits per heavy atom. The molecule has 9 nitrogen and oxygen atoms in total. The van der Waals surface area contributed by atoms with Crippen LogP contribution in [0.2, 0.25) is 0 Å². The molecule has 1 fully saturated rings. The maximum absolute atomic E-state index is 12.3. The van der Waals surface area contributed by atoms with Crippen LogP contribution in [-0.4, -0.2) is 58.6 Å². The van der Waals surface area contributed by atoms with E-state index in [2.05, 4.69) is 10.9 Å². The molecule has 1 aromatic carbocycles. The number of pyridine rings is 1. The predicted molar refractivity (Wildman–Crippen MR) is 134 cm³/mol. The Morgan fingerprint density at radius 1 is 1.29 bits per heavy atom. The van der Waals surface area contributed by atoms with Crippen molar-refractivity contribution in [1.82, 2.24) is 9.88 Å². The summed E-state index contributed by atoms with van der Waals surface area (Å²) in [5, 5.41) is 19.1. The molecule has 2 aromatic rings. The number of nitriles is 1. The van der Waals surface area contributed by atoms with E-state index < -0.39 is 22.7 Å². The fourth-order valence-corrected chi connectivity index (χ4v) is 5.17. The van der Waals surface area contributed by atoms with Crippen molar-refractivity contribution in [2.75, 3.05) is 31.1 Å². The summed E-state index contributed by atoms with van der Waals surface area (Å²) in [5.74, 6) is -0.998. The van der Waals surface area contributed by atoms with Crippen LogP contribution in [0.1, 0.15) is 42.7 Å². The molecule has 1 unspecified atom stereocenters. The number of thioether (sulfide) groups is 1. The Hall–Kier alpha value is -3.60. The van der Waals surface area contributed by atoms with Crippen LogP contribution in [0.4, 0.5) is 11.5 Å². The number of carboxylic acid groups (broad SMARTS) is 1. The molecule has 2 heterocycles. The number of aliphatic carboxylic acids is 1. The minimum Gasteiger partial charge on any atom is -0.480 e. The van der Waals surface area contributed by atoms with Crippen molar-refractivity contribution in [3.05, 3.63) is 58.4 Å². The first-order chi connectivity index (χ1) is 16.6. The van der Waals surface area contributed by atoms with Crippen LogP contribution in [0.15, 0.2) is 35.4 Å². The number of nitrogens with zero attached hydrogens (tertiary/aromatic N) is 5. The summed E-state index contributed by atoms with van der Waals surface area (Å²) in [5.41, 5.74) is 6.58. The van der Waals surface area contributed by atoms with Gasteiger partial charge in [-0.2, -0.15) is 5.26 Å². The Bertz CT molecular complexity index is 1190. The first-order valence-corrected chi connectivity index (χ1v) is 12.1. The Labute approximate surface area is 209 Å². The lowest BCUT2D eigenvalue weighted by atomic mass is 10.0. The average Bonchev–Trinajstić information content (AvgIpc) is 2.86. The third kappa shape index (κ3) is 5.24. The number of hydrogen-bond acceptors (Lipinski definition) is 7. The van der Waals surface area contributed by atoms with Gasteiger partial charge in [-0.25, -0.2) is 9.83 Å². The molecule has 1 atom stereocenters. The standard InChI is InChI=1S/C25H28N6O3S/c1-5-17-18(15-26)23(35-20(21(27)32)16-9-7-6-8-10-16)29-22(19(17)28-4)30-11-13-31(14-12-30)25(2,3)24(33)34/h6-10,20H,5,11-14H2,1-3H3,(H2,27,32)(H,33,34). The van der Waals surface area contributed by atoms with Crippen molar-refractivity contribution in [2.24, 2.45) is 5.73 Å². The van der Waals surface area contributed by atoms with Gasteiger partial charge in [0.1, 0.15) is 27.7 Å². The molecular formula is C25H28N6O3S. The van der Waals surface area contributed by atoms with Crippen LogP contribution in [-0.2, 0) is 16.0 Å². The maximum Gasteiger partial charge on any atom is 0.323 e. The third-order valence-corrected chi connectivity index (χ3v) is 7.54. The number of benzene rings is 1. The first kappa shape index (κ1) is 26.0. The minimum absolute atomic E-state index is 0.278. The molecule has 1 aliphatic heterocycles. The number of rotatable bonds is 8. The monoisotopic (exact) mass is 492 g/mol. The summed E-state index contributed by atoms with van der Waals surface area (Å²) in [7, 11) is 0. The van der Waals surface area contributed by atoms with Crippen LogP contribution in [0.25, 0.3) is 4.85 Å². The number of primary amides is 1. The number of amides is 1. The fourth-order valence-electron chi connectivity index (χ4n) is 4.11. The van der Waals surface area contributed by atoms with Gasteiger partial charge in [-0.15, -0.1) is 0 Å². The van der Waals surface area contributed by atoms with Gasteiger partial charge in [0.2, 0.25) is 11.6 Å². The number of hydrogen-bond donors (Lipinski definition) is 2. The summed E-state index contributed by atoms with van der Waals surface area (Å²) in [6, 6.07) is 11.2. The number of carbonyl (C=O) groups is 2. The van der Waals surface area contributed by atoms with Gasteiger partial charge in [0.15, 0.2) is 0 Å². The molecule has 0 radical (unpaired) electrons. The normalized spacial score (nSPS) is 15.2. The number of anilines is 1. The van der Waals surface area contributed by atoms with E-state index in [0.29, 0.717) is 60.3 Å². The second kappa shape index (κ2) is 10.8. The van der Waals surface area contributed by atoms with Crippen LogP contribution in [0.5, 0.6) is 0 Å². The zero-order valence-electron chi connectivity index (χ0n) is 20.0. The van der Waals surface area contributed by atoms with Gasteiger partial charge in [-0.05, 0) is 31.4 Å². The molecule has 0 bridgehead atoms. The molecule has 1 aromatic heterocycles. The molecule has 0 aliphatic carbocycles. The zero-order valence-corrected chi connectivity index (χ0v) is 20.8. The van der Waals surface area contributed by atoms with E-state index in [9.17, 15) is 20.0 Å². The molecule has 3 rings (SSSR count). The van der Waals surface area contributed by atoms with Crippen LogP contribution >= 0.6 is 11.8 Å². The molecule has 1 aliphatic rings. The van der Waals surface area contributed by atoms with Gasteiger partial charge in [0.05, 0.1) is 12.1 Å². The number of piperazine rings is 1. The Balaban J connectivity index is 2.03. The summed E-state index contributed by atoms with van der Waals surface area (Å²) >= 11 is 1.11. The highest BCUT2D eigenvalue weighted by Crippen LogP contribution is 2.42. The third-order valence-electron chi connectivity index (χ3n) is 6.28. The smallest absolute Gasteiger partial charge is 0.323 e. The molecule has 0 saturated carbocycles. The predicted octanol–water partition coefficient (Wildman–Crippen LogP) is 3.37. The van der Waals surface area contributed by atoms with Crippen LogP contribution < -0.4 is 10.6 Å². The molecular weight excluding hydrogens is 464 g/mol. The van der Waals surface area contributed by atoms with E-state index in [-0.39, 0.29) is 5.56 Å². The lowest BCUT2D eigenvalue weighted by Gasteiger charge is -2.42. The van der Waals surface area contributed by atoms with Gasteiger partial charge in [-0.3, -0.25) is 14.5 Å². The Kier molecular flexibility index (Phi) is 8.00. The lowest BCUT2D eigenvalue weighted by molar-refractivity contribution is -0.149. The quantitative estimate of drug-likeness (QED) is 0.424. The number of carbonyl (C=O) groups excluding carboxylic acids is 1. The summed E-state index contributed by atoms with van der Waals surface area (Å²) in [6.07, 6.45) is 0.447. The minimum atomic E-state index is -1.01. The summed E-state index contributed by atoms with van der Waals surface area (Å²) < 4.78 is 0. The average molecular weight is 493 g/mol. The van der Waals surface area contributed by atoms with Crippen LogP contribution in [0, 0.1) is 17.9 Å². The van der Waals surface area contributed by atoms with Gasteiger partial charge in [0, 0.05) is 26.2 Å². The first-order valence-electron chi connectivity index (χ1n) is 11.2. The van der Waals surface area contributed by atoms with Crippen molar-refractivity contribution in [3.63, 3.8) is 0 Å². The maximum atomic E-state index is 12.3. The number of nitrogens with two attached hydrogens (primary N) is 1. The molecule has 10 heteroatoms. The van der Waals surface area contributed by atoms with Crippen molar-refractivity contribution in [1.29, 1.82) is 5.26 Å². The lowest BCUT2D eigenvalue weighted by Crippen LogP contribution is -2.58. The van der Waals surface area contributed by atoms with Gasteiger partial charge >= 0.3 is 5.97 Å². The summed E-state index contributed by atoms with van der Waals surface area (Å²) in [6.45, 7) is 14.9. The molecule has 182 valence electrons. The second-order valence-corrected chi connectivity index (χ2v) is 9.76. The summed E-state index contributed by atoms with van der Waals surface area (Å²) in [4.78, 5) is 36.3.